The average Bonchev–Trinajstić information content (AvgIpc) is 3.28. The number of carbonyl (C=O) groups excluding carboxylic acids is 3. The number of anilines is 1. The van der Waals surface area contributed by atoms with Crippen molar-refractivity contribution in [2.45, 2.75) is 32.6 Å². The van der Waals surface area contributed by atoms with E-state index in [2.05, 4.69) is 4.98 Å². The summed E-state index contributed by atoms with van der Waals surface area (Å²) in [4.78, 5) is 41.7. The molecule has 0 saturated carbocycles. The highest BCUT2D eigenvalue weighted by Gasteiger charge is 2.24. The number of aryl methyl sites for hydroxylation is 1. The zero-order valence-corrected chi connectivity index (χ0v) is 15.4. The Bertz CT molecular complexity index is 813. The summed E-state index contributed by atoms with van der Waals surface area (Å²) in [5.74, 6) is -0.677. The summed E-state index contributed by atoms with van der Waals surface area (Å²) < 4.78 is 5.07. The van der Waals surface area contributed by atoms with Gasteiger partial charge in [0.05, 0.1) is 12.1 Å². The number of esters is 1. The molecule has 1 amide bonds. The molecular weight excluding hydrogens is 352 g/mol. The van der Waals surface area contributed by atoms with Crippen molar-refractivity contribution in [3.63, 3.8) is 0 Å². The molecule has 6 nitrogen and oxygen atoms in total. The fourth-order valence-corrected chi connectivity index (χ4v) is 3.57. The molecule has 0 aliphatic carbocycles. The number of Topliss-reactive ketones (excluding diaryl/α,β-unsaturated/α-hetero) is 1. The van der Waals surface area contributed by atoms with Gasteiger partial charge < -0.3 is 4.74 Å². The highest BCUT2D eigenvalue weighted by atomic mass is 32.1. The van der Waals surface area contributed by atoms with Crippen LogP contribution in [0.15, 0.2) is 29.6 Å². The molecule has 1 saturated heterocycles. The highest BCUT2D eigenvalue weighted by molar-refractivity contribution is 7.14. The lowest BCUT2D eigenvalue weighted by molar-refractivity contribution is -0.141. The summed E-state index contributed by atoms with van der Waals surface area (Å²) >= 11 is 1.34. The van der Waals surface area contributed by atoms with Crippen LogP contribution in [0.25, 0.3) is 0 Å². The van der Waals surface area contributed by atoms with E-state index < -0.39 is 5.97 Å². The minimum absolute atomic E-state index is 0.0133. The van der Waals surface area contributed by atoms with Gasteiger partial charge in [-0.2, -0.15) is 0 Å². The Morgan fingerprint density at radius 1 is 1.27 bits per heavy atom. The number of hydrogen-bond donors (Lipinski definition) is 0. The van der Waals surface area contributed by atoms with Crippen molar-refractivity contribution >= 4 is 34.1 Å². The van der Waals surface area contributed by atoms with Crippen LogP contribution in [0.5, 0.6) is 0 Å². The van der Waals surface area contributed by atoms with Crippen molar-refractivity contribution in [3.8, 4) is 0 Å². The SMILES string of the molecule is CCc1ccc(C(=O)COC(=O)Cc2csc(N3CCCC3=O)n2)cc1. The molecule has 0 bridgehead atoms. The molecule has 26 heavy (non-hydrogen) atoms. The van der Waals surface area contributed by atoms with Gasteiger partial charge in [0, 0.05) is 23.9 Å². The molecule has 2 aromatic rings. The second-order valence-electron chi connectivity index (χ2n) is 6.08. The second kappa shape index (κ2) is 8.23. The third-order valence-electron chi connectivity index (χ3n) is 4.22. The van der Waals surface area contributed by atoms with E-state index in [1.165, 1.54) is 11.3 Å². The maximum Gasteiger partial charge on any atom is 0.312 e. The standard InChI is InChI=1S/C19H20N2O4S/c1-2-13-5-7-14(8-6-13)16(22)11-25-18(24)10-15-12-26-19(20-15)21-9-3-4-17(21)23/h5-8,12H,2-4,9-11H2,1H3. The van der Waals surface area contributed by atoms with Gasteiger partial charge in [-0.05, 0) is 18.4 Å². The van der Waals surface area contributed by atoms with Crippen LogP contribution in [0.3, 0.4) is 0 Å². The molecule has 0 unspecified atom stereocenters. The van der Waals surface area contributed by atoms with Crippen LogP contribution < -0.4 is 4.90 Å². The number of carbonyl (C=O) groups is 3. The molecule has 1 aromatic heterocycles. The van der Waals surface area contributed by atoms with Crippen molar-refractivity contribution in [2.75, 3.05) is 18.1 Å². The number of ketones is 1. The van der Waals surface area contributed by atoms with Crippen LogP contribution >= 0.6 is 11.3 Å². The molecule has 1 aliphatic heterocycles. The Balaban J connectivity index is 1.50. The number of nitrogens with zero attached hydrogens (tertiary/aromatic N) is 2. The minimum Gasteiger partial charge on any atom is -0.457 e. The van der Waals surface area contributed by atoms with Crippen molar-refractivity contribution in [3.05, 3.63) is 46.5 Å². The lowest BCUT2D eigenvalue weighted by Crippen LogP contribution is -2.23. The smallest absolute Gasteiger partial charge is 0.312 e. The van der Waals surface area contributed by atoms with Gasteiger partial charge in [-0.25, -0.2) is 4.98 Å². The summed E-state index contributed by atoms with van der Waals surface area (Å²) in [5.41, 5.74) is 2.22. The van der Waals surface area contributed by atoms with Gasteiger partial charge >= 0.3 is 5.97 Å². The van der Waals surface area contributed by atoms with Crippen LogP contribution in [0, 0.1) is 0 Å². The maximum absolute atomic E-state index is 12.1. The molecule has 1 aromatic carbocycles. The zero-order chi connectivity index (χ0) is 18.5. The number of aromatic nitrogens is 1. The Morgan fingerprint density at radius 2 is 2.04 bits per heavy atom. The van der Waals surface area contributed by atoms with Gasteiger partial charge in [0.15, 0.2) is 17.5 Å². The molecule has 7 heteroatoms. The van der Waals surface area contributed by atoms with E-state index in [0.717, 1.165) is 18.4 Å². The molecule has 0 spiro atoms. The molecule has 2 heterocycles. The van der Waals surface area contributed by atoms with Gasteiger partial charge in [0.2, 0.25) is 5.91 Å². The molecule has 1 fully saturated rings. The predicted octanol–water partition coefficient (Wildman–Crippen LogP) is 2.80. The van der Waals surface area contributed by atoms with Gasteiger partial charge in [-0.15, -0.1) is 11.3 Å². The molecule has 136 valence electrons. The lowest BCUT2D eigenvalue weighted by atomic mass is 10.1. The number of rotatable bonds is 7. The Hall–Kier alpha value is -2.54. The van der Waals surface area contributed by atoms with E-state index in [1.807, 2.05) is 19.1 Å². The molecular formula is C19H20N2O4S. The van der Waals surface area contributed by atoms with Crippen LogP contribution in [0.4, 0.5) is 5.13 Å². The normalized spacial score (nSPS) is 13.9. The van der Waals surface area contributed by atoms with Gasteiger partial charge in [0.25, 0.3) is 0 Å². The quantitative estimate of drug-likeness (QED) is 0.552. The average molecular weight is 372 g/mol. The number of amides is 1. The lowest BCUT2D eigenvalue weighted by Gasteiger charge is -2.10. The van der Waals surface area contributed by atoms with Crippen molar-refractivity contribution in [2.24, 2.45) is 0 Å². The predicted molar refractivity (Wildman–Crippen MR) is 98.5 cm³/mol. The Labute approximate surface area is 155 Å². The second-order valence-corrected chi connectivity index (χ2v) is 6.92. The van der Waals surface area contributed by atoms with E-state index in [1.54, 1.807) is 22.4 Å². The molecule has 0 N–H and O–H groups in total. The molecule has 0 radical (unpaired) electrons. The zero-order valence-electron chi connectivity index (χ0n) is 14.6. The summed E-state index contributed by atoms with van der Waals surface area (Å²) in [6.07, 6.45) is 2.26. The first-order valence-electron chi connectivity index (χ1n) is 8.59. The summed E-state index contributed by atoms with van der Waals surface area (Å²) in [6.45, 7) is 2.43. The minimum atomic E-state index is -0.506. The van der Waals surface area contributed by atoms with E-state index in [9.17, 15) is 14.4 Å². The third-order valence-corrected chi connectivity index (χ3v) is 5.13. The first-order chi connectivity index (χ1) is 12.6. The van der Waals surface area contributed by atoms with Gasteiger partial charge in [-0.1, -0.05) is 31.2 Å². The van der Waals surface area contributed by atoms with Crippen molar-refractivity contribution < 1.29 is 19.1 Å². The third kappa shape index (κ3) is 4.35. The number of ether oxygens (including phenoxy) is 1. The van der Waals surface area contributed by atoms with Crippen molar-refractivity contribution in [1.29, 1.82) is 0 Å². The van der Waals surface area contributed by atoms with E-state index in [-0.39, 0.29) is 24.7 Å². The largest absolute Gasteiger partial charge is 0.457 e. The number of thiazole rings is 1. The molecule has 1 aliphatic rings. The van der Waals surface area contributed by atoms with E-state index >= 15 is 0 Å². The van der Waals surface area contributed by atoms with E-state index in [0.29, 0.717) is 29.4 Å². The number of hydrogen-bond acceptors (Lipinski definition) is 6. The first kappa shape index (κ1) is 18.3. The monoisotopic (exact) mass is 372 g/mol. The fraction of sp³-hybridized carbons (Fsp3) is 0.368. The van der Waals surface area contributed by atoms with Crippen molar-refractivity contribution in [1.82, 2.24) is 4.98 Å². The number of benzene rings is 1. The highest BCUT2D eigenvalue weighted by Crippen LogP contribution is 2.25. The van der Waals surface area contributed by atoms with Gasteiger partial charge in [0.1, 0.15) is 0 Å². The van der Waals surface area contributed by atoms with Crippen LogP contribution in [-0.4, -0.2) is 35.8 Å². The maximum atomic E-state index is 12.1. The topological polar surface area (TPSA) is 76.6 Å². The van der Waals surface area contributed by atoms with E-state index in [4.69, 9.17) is 4.74 Å². The summed E-state index contributed by atoms with van der Waals surface area (Å²) in [6, 6.07) is 7.28. The molecule has 0 atom stereocenters. The van der Waals surface area contributed by atoms with Crippen LogP contribution in [0.1, 0.15) is 41.4 Å². The summed E-state index contributed by atoms with van der Waals surface area (Å²) in [5, 5.41) is 2.36. The van der Waals surface area contributed by atoms with Crippen LogP contribution in [-0.2, 0) is 27.2 Å². The Kier molecular flexibility index (Phi) is 5.78. The fourth-order valence-electron chi connectivity index (χ4n) is 2.71. The van der Waals surface area contributed by atoms with Crippen LogP contribution in [0.2, 0.25) is 0 Å². The Morgan fingerprint density at radius 3 is 2.69 bits per heavy atom. The van der Waals surface area contributed by atoms with Gasteiger partial charge in [-0.3, -0.25) is 19.3 Å². The summed E-state index contributed by atoms with van der Waals surface area (Å²) in [7, 11) is 0. The molecule has 3 rings (SSSR count). The first-order valence-corrected chi connectivity index (χ1v) is 9.47.